The fourth-order valence-electron chi connectivity index (χ4n) is 1.12. The lowest BCUT2D eigenvalue weighted by Crippen LogP contribution is -2.23. The molecule has 2 heterocycles. The predicted octanol–water partition coefficient (Wildman–Crippen LogP) is -0.355. The molecule has 0 aliphatic rings. The first kappa shape index (κ1) is 9.25. The predicted molar refractivity (Wildman–Crippen MR) is 52.8 cm³/mol. The standard InChI is InChI=1S/C8H10N6O/c9-7-5(4-12-14-7)3-10-8(15)6-1-2-11-13-6/h1-2,4H,3H2,(H,10,15)(H,11,13)(H3,9,12,14). The molecule has 78 valence electrons. The van der Waals surface area contributed by atoms with E-state index >= 15 is 0 Å². The van der Waals surface area contributed by atoms with Crippen LogP contribution in [-0.2, 0) is 6.54 Å². The summed E-state index contributed by atoms with van der Waals surface area (Å²) in [7, 11) is 0. The van der Waals surface area contributed by atoms with E-state index in [9.17, 15) is 4.79 Å². The highest BCUT2D eigenvalue weighted by Crippen LogP contribution is 2.05. The van der Waals surface area contributed by atoms with Crippen molar-refractivity contribution in [3.05, 3.63) is 29.7 Å². The van der Waals surface area contributed by atoms with Crippen LogP contribution in [-0.4, -0.2) is 26.3 Å². The highest BCUT2D eigenvalue weighted by atomic mass is 16.1. The number of nitrogen functional groups attached to an aromatic ring is 1. The zero-order valence-electron chi connectivity index (χ0n) is 7.82. The lowest BCUT2D eigenvalue weighted by atomic mass is 10.3. The van der Waals surface area contributed by atoms with Crippen molar-refractivity contribution in [3.8, 4) is 0 Å². The number of nitrogens with one attached hydrogen (secondary N) is 3. The monoisotopic (exact) mass is 206 g/mol. The van der Waals surface area contributed by atoms with Crippen LogP contribution < -0.4 is 11.1 Å². The molecule has 0 unspecified atom stereocenters. The highest BCUT2D eigenvalue weighted by Gasteiger charge is 2.07. The molecule has 2 aromatic rings. The molecule has 2 rings (SSSR count). The molecule has 0 fully saturated rings. The van der Waals surface area contributed by atoms with Crippen molar-refractivity contribution >= 4 is 11.7 Å². The number of hydrogen-bond donors (Lipinski definition) is 4. The van der Waals surface area contributed by atoms with Gasteiger partial charge in [-0.2, -0.15) is 10.2 Å². The Morgan fingerprint density at radius 2 is 2.33 bits per heavy atom. The second-order valence-corrected chi connectivity index (χ2v) is 2.96. The Morgan fingerprint density at radius 3 is 2.93 bits per heavy atom. The summed E-state index contributed by atoms with van der Waals surface area (Å²) in [6.45, 7) is 0.334. The van der Waals surface area contributed by atoms with Gasteiger partial charge in [-0.15, -0.1) is 0 Å². The lowest BCUT2D eigenvalue weighted by molar-refractivity contribution is 0.0946. The van der Waals surface area contributed by atoms with Gasteiger partial charge < -0.3 is 11.1 Å². The van der Waals surface area contributed by atoms with Crippen molar-refractivity contribution in [2.45, 2.75) is 6.54 Å². The van der Waals surface area contributed by atoms with E-state index in [0.717, 1.165) is 5.56 Å². The first-order valence-electron chi connectivity index (χ1n) is 4.32. The maximum absolute atomic E-state index is 11.5. The van der Waals surface area contributed by atoms with Gasteiger partial charge in [-0.05, 0) is 6.07 Å². The Morgan fingerprint density at radius 1 is 1.47 bits per heavy atom. The van der Waals surface area contributed by atoms with Crippen LogP contribution in [0.25, 0.3) is 0 Å². The highest BCUT2D eigenvalue weighted by molar-refractivity contribution is 5.92. The average Bonchev–Trinajstić information content (AvgIpc) is 2.85. The second kappa shape index (κ2) is 3.82. The van der Waals surface area contributed by atoms with Crippen LogP contribution in [0.15, 0.2) is 18.5 Å². The molecule has 7 nitrogen and oxygen atoms in total. The number of aromatic nitrogens is 4. The smallest absolute Gasteiger partial charge is 0.269 e. The van der Waals surface area contributed by atoms with Crippen LogP contribution >= 0.6 is 0 Å². The zero-order chi connectivity index (χ0) is 10.7. The molecule has 0 aromatic carbocycles. The van der Waals surface area contributed by atoms with E-state index in [1.807, 2.05) is 0 Å². The Balaban J connectivity index is 1.95. The first-order chi connectivity index (χ1) is 7.27. The van der Waals surface area contributed by atoms with Gasteiger partial charge in [0.2, 0.25) is 0 Å². The van der Waals surface area contributed by atoms with E-state index < -0.39 is 0 Å². The van der Waals surface area contributed by atoms with Gasteiger partial charge in [-0.1, -0.05) is 0 Å². The summed E-state index contributed by atoms with van der Waals surface area (Å²) in [4.78, 5) is 11.5. The maximum atomic E-state index is 11.5. The van der Waals surface area contributed by atoms with Crippen LogP contribution in [0.5, 0.6) is 0 Å². The number of rotatable bonds is 3. The van der Waals surface area contributed by atoms with Crippen molar-refractivity contribution in [3.63, 3.8) is 0 Å². The molecule has 5 N–H and O–H groups in total. The van der Waals surface area contributed by atoms with E-state index in [1.165, 1.54) is 6.20 Å². The van der Waals surface area contributed by atoms with Gasteiger partial charge in [-0.25, -0.2) is 0 Å². The molecular formula is C8H10N6O. The normalized spacial score (nSPS) is 10.1. The number of carbonyl (C=O) groups excluding carboxylic acids is 1. The molecule has 0 spiro atoms. The Bertz CT molecular complexity index is 445. The minimum absolute atomic E-state index is 0.229. The van der Waals surface area contributed by atoms with E-state index in [-0.39, 0.29) is 5.91 Å². The summed E-state index contributed by atoms with van der Waals surface area (Å²) in [5, 5.41) is 15.2. The third-order valence-corrected chi connectivity index (χ3v) is 1.94. The summed E-state index contributed by atoms with van der Waals surface area (Å²) in [5.41, 5.74) is 6.72. The molecule has 0 aliphatic carbocycles. The van der Waals surface area contributed by atoms with Crippen LogP contribution in [0, 0.1) is 0 Å². The molecule has 0 radical (unpaired) electrons. The second-order valence-electron chi connectivity index (χ2n) is 2.96. The van der Waals surface area contributed by atoms with Gasteiger partial charge in [0.05, 0.1) is 6.20 Å². The molecule has 15 heavy (non-hydrogen) atoms. The van der Waals surface area contributed by atoms with Crippen molar-refractivity contribution in [2.75, 3.05) is 5.73 Å². The van der Waals surface area contributed by atoms with Gasteiger partial charge in [0.1, 0.15) is 11.5 Å². The van der Waals surface area contributed by atoms with Crippen molar-refractivity contribution < 1.29 is 4.79 Å². The quantitative estimate of drug-likeness (QED) is 0.549. The molecule has 7 heteroatoms. The third kappa shape index (κ3) is 1.96. The number of carbonyl (C=O) groups is 1. The summed E-state index contributed by atoms with van der Waals surface area (Å²) in [6, 6.07) is 1.59. The van der Waals surface area contributed by atoms with Crippen molar-refractivity contribution in [1.29, 1.82) is 0 Å². The molecule has 1 amide bonds. The molecule has 0 bridgehead atoms. The number of nitrogens with two attached hydrogens (primary N) is 1. The molecular weight excluding hydrogens is 196 g/mol. The number of H-pyrrole nitrogens is 2. The maximum Gasteiger partial charge on any atom is 0.269 e. The Hall–Kier alpha value is -2.31. The molecule has 0 atom stereocenters. The van der Waals surface area contributed by atoms with E-state index in [1.54, 1.807) is 12.3 Å². The van der Waals surface area contributed by atoms with Crippen LogP contribution in [0.4, 0.5) is 5.82 Å². The number of nitrogens with zero attached hydrogens (tertiary/aromatic N) is 2. The van der Waals surface area contributed by atoms with Crippen molar-refractivity contribution in [1.82, 2.24) is 25.7 Å². The van der Waals surface area contributed by atoms with Gasteiger partial charge in [-0.3, -0.25) is 15.0 Å². The van der Waals surface area contributed by atoms with Gasteiger partial charge >= 0.3 is 0 Å². The van der Waals surface area contributed by atoms with E-state index in [2.05, 4.69) is 25.7 Å². The molecule has 0 saturated carbocycles. The van der Waals surface area contributed by atoms with Gasteiger partial charge in [0.15, 0.2) is 0 Å². The molecule has 2 aromatic heterocycles. The number of amides is 1. The molecule has 0 aliphatic heterocycles. The van der Waals surface area contributed by atoms with Gasteiger partial charge in [0, 0.05) is 18.3 Å². The fourth-order valence-corrected chi connectivity index (χ4v) is 1.12. The first-order valence-corrected chi connectivity index (χ1v) is 4.32. The Kier molecular flexibility index (Phi) is 2.36. The van der Waals surface area contributed by atoms with Crippen LogP contribution in [0.3, 0.4) is 0 Å². The van der Waals surface area contributed by atoms with Crippen LogP contribution in [0.2, 0.25) is 0 Å². The van der Waals surface area contributed by atoms with Crippen molar-refractivity contribution in [2.24, 2.45) is 0 Å². The Labute approximate surface area is 85.1 Å². The van der Waals surface area contributed by atoms with E-state index in [0.29, 0.717) is 18.1 Å². The summed E-state index contributed by atoms with van der Waals surface area (Å²) in [5.74, 6) is 0.230. The van der Waals surface area contributed by atoms with Gasteiger partial charge in [0.25, 0.3) is 5.91 Å². The lowest BCUT2D eigenvalue weighted by Gasteiger charge is -2.01. The minimum Gasteiger partial charge on any atom is -0.384 e. The summed E-state index contributed by atoms with van der Waals surface area (Å²) in [6.07, 6.45) is 3.09. The number of anilines is 1. The topological polar surface area (TPSA) is 112 Å². The van der Waals surface area contributed by atoms with Crippen LogP contribution in [0.1, 0.15) is 16.1 Å². The number of aromatic amines is 2. The number of hydrogen-bond acceptors (Lipinski definition) is 4. The fraction of sp³-hybridized carbons (Fsp3) is 0.125. The average molecular weight is 206 g/mol. The largest absolute Gasteiger partial charge is 0.384 e. The molecule has 0 saturated heterocycles. The summed E-state index contributed by atoms with van der Waals surface area (Å²) >= 11 is 0. The zero-order valence-corrected chi connectivity index (χ0v) is 7.82. The minimum atomic E-state index is -0.229. The third-order valence-electron chi connectivity index (χ3n) is 1.94. The SMILES string of the molecule is Nc1[nH]ncc1CNC(=O)c1ccn[nH]1. The summed E-state index contributed by atoms with van der Waals surface area (Å²) < 4.78 is 0. The van der Waals surface area contributed by atoms with E-state index in [4.69, 9.17) is 5.73 Å².